The molecule has 1 aromatic carbocycles. The molecule has 4 saturated carbocycles. The van der Waals surface area contributed by atoms with Gasteiger partial charge in [-0.2, -0.15) is 0 Å². The molecule has 2 heteroatoms. The van der Waals surface area contributed by atoms with Gasteiger partial charge in [0.15, 0.2) is 0 Å². The van der Waals surface area contributed by atoms with Crippen molar-refractivity contribution in [1.82, 2.24) is 5.32 Å². The topological polar surface area (TPSA) is 29.1 Å². The van der Waals surface area contributed by atoms with E-state index in [4.69, 9.17) is 0 Å². The summed E-state index contributed by atoms with van der Waals surface area (Å²) in [5.74, 6) is 2.91. The molecule has 2 nitrogen and oxygen atoms in total. The Kier molecular flexibility index (Phi) is 3.28. The van der Waals surface area contributed by atoms with Crippen LogP contribution in [0.15, 0.2) is 30.3 Å². The predicted molar refractivity (Wildman–Crippen MR) is 83.5 cm³/mol. The summed E-state index contributed by atoms with van der Waals surface area (Å²) < 4.78 is 0. The van der Waals surface area contributed by atoms with Gasteiger partial charge in [-0.15, -0.1) is 0 Å². The van der Waals surface area contributed by atoms with Gasteiger partial charge in [-0.05, 0) is 68.3 Å². The molecule has 2 unspecified atom stereocenters. The quantitative estimate of drug-likeness (QED) is 0.895. The number of rotatable bonds is 3. The van der Waals surface area contributed by atoms with Crippen LogP contribution < -0.4 is 5.32 Å². The second-order valence-electron chi connectivity index (χ2n) is 7.70. The van der Waals surface area contributed by atoms with Crippen molar-refractivity contribution in [1.29, 1.82) is 0 Å². The zero-order valence-electron chi connectivity index (χ0n) is 12.7. The third-order valence-electron chi connectivity index (χ3n) is 6.17. The molecule has 0 radical (unpaired) electrons. The SMILES string of the molecule is O=C(NCc1ccccc1)C12CCC3C[C@H](C[C@H](C3)C1)C2. The first-order valence-electron chi connectivity index (χ1n) is 8.56. The van der Waals surface area contributed by atoms with Crippen LogP contribution in [0.1, 0.15) is 50.5 Å². The standard InChI is InChI=1S/C19H25NO/c21-18(20-13-14-4-2-1-3-5-14)19-7-6-15-8-16(11-19)10-17(9-15)12-19/h1-5,15-17H,6-13H2,(H,20,21)/t15?,16-,17+,19?. The Hall–Kier alpha value is -1.31. The Labute approximate surface area is 127 Å². The number of hydrogen-bond donors (Lipinski definition) is 1. The summed E-state index contributed by atoms with van der Waals surface area (Å²) in [6.07, 6.45) is 8.90. The molecule has 5 rings (SSSR count). The molecule has 4 aliphatic rings. The van der Waals surface area contributed by atoms with E-state index in [0.29, 0.717) is 12.5 Å². The molecule has 4 fully saturated rings. The largest absolute Gasteiger partial charge is 0.352 e. The minimum absolute atomic E-state index is 0.0341. The van der Waals surface area contributed by atoms with E-state index in [0.717, 1.165) is 37.0 Å². The zero-order chi connectivity index (χ0) is 14.3. The highest BCUT2D eigenvalue weighted by atomic mass is 16.2. The number of benzene rings is 1. The highest BCUT2D eigenvalue weighted by Gasteiger charge is 2.51. The molecule has 1 N–H and O–H groups in total. The highest BCUT2D eigenvalue weighted by molar-refractivity contribution is 5.82. The maximum atomic E-state index is 12.9. The molecule has 4 atom stereocenters. The van der Waals surface area contributed by atoms with Crippen molar-refractivity contribution in [3.05, 3.63) is 35.9 Å². The Morgan fingerprint density at radius 1 is 1.05 bits per heavy atom. The van der Waals surface area contributed by atoms with Gasteiger partial charge in [0.1, 0.15) is 0 Å². The molecule has 0 aromatic heterocycles. The fourth-order valence-electron chi connectivity index (χ4n) is 5.41. The molecule has 4 bridgehead atoms. The van der Waals surface area contributed by atoms with E-state index in [9.17, 15) is 4.79 Å². The number of fused-ring (bicyclic) bond motifs is 1. The fourth-order valence-corrected chi connectivity index (χ4v) is 5.41. The van der Waals surface area contributed by atoms with Crippen molar-refractivity contribution in [2.45, 2.75) is 51.5 Å². The number of amides is 1. The molecule has 112 valence electrons. The molecule has 0 heterocycles. The Bertz CT molecular complexity index is 510. The van der Waals surface area contributed by atoms with Crippen molar-refractivity contribution in [3.63, 3.8) is 0 Å². The Morgan fingerprint density at radius 3 is 2.43 bits per heavy atom. The van der Waals surface area contributed by atoms with Crippen LogP contribution in [0.4, 0.5) is 0 Å². The van der Waals surface area contributed by atoms with E-state index in [2.05, 4.69) is 17.4 Å². The van der Waals surface area contributed by atoms with Crippen LogP contribution in [0.5, 0.6) is 0 Å². The van der Waals surface area contributed by atoms with Gasteiger partial charge in [-0.25, -0.2) is 0 Å². The van der Waals surface area contributed by atoms with Crippen LogP contribution >= 0.6 is 0 Å². The Balaban J connectivity index is 1.48. The first-order chi connectivity index (χ1) is 10.2. The van der Waals surface area contributed by atoms with Gasteiger partial charge in [0.25, 0.3) is 0 Å². The number of nitrogens with one attached hydrogen (secondary N) is 1. The molecule has 0 spiro atoms. The predicted octanol–water partition coefficient (Wildman–Crippen LogP) is 3.91. The van der Waals surface area contributed by atoms with Crippen LogP contribution in [0.25, 0.3) is 0 Å². The van der Waals surface area contributed by atoms with Crippen molar-refractivity contribution >= 4 is 5.91 Å². The van der Waals surface area contributed by atoms with E-state index < -0.39 is 0 Å². The average Bonchev–Trinajstić information content (AvgIpc) is 2.71. The minimum Gasteiger partial charge on any atom is -0.352 e. The lowest BCUT2D eigenvalue weighted by Crippen LogP contribution is -2.45. The van der Waals surface area contributed by atoms with Crippen LogP contribution in [0, 0.1) is 23.2 Å². The van der Waals surface area contributed by atoms with Gasteiger partial charge >= 0.3 is 0 Å². The second kappa shape index (κ2) is 5.15. The molecule has 4 aliphatic carbocycles. The van der Waals surface area contributed by atoms with E-state index >= 15 is 0 Å². The van der Waals surface area contributed by atoms with Gasteiger partial charge in [0.2, 0.25) is 5.91 Å². The summed E-state index contributed by atoms with van der Waals surface area (Å²) >= 11 is 0. The summed E-state index contributed by atoms with van der Waals surface area (Å²) in [5.41, 5.74) is 1.17. The molecular weight excluding hydrogens is 258 g/mol. The second-order valence-corrected chi connectivity index (χ2v) is 7.70. The molecule has 1 amide bonds. The van der Waals surface area contributed by atoms with Gasteiger partial charge in [-0.3, -0.25) is 4.79 Å². The normalized spacial score (nSPS) is 37.2. The lowest BCUT2D eigenvalue weighted by atomic mass is 9.61. The molecule has 0 aliphatic heterocycles. The lowest BCUT2D eigenvalue weighted by molar-refractivity contribution is -0.135. The summed E-state index contributed by atoms with van der Waals surface area (Å²) in [6.45, 7) is 0.681. The maximum Gasteiger partial charge on any atom is 0.226 e. The van der Waals surface area contributed by atoms with Crippen molar-refractivity contribution in [3.8, 4) is 0 Å². The molecule has 21 heavy (non-hydrogen) atoms. The molecule has 1 aromatic rings. The van der Waals surface area contributed by atoms with Crippen LogP contribution in [0.2, 0.25) is 0 Å². The van der Waals surface area contributed by atoms with Crippen molar-refractivity contribution in [2.24, 2.45) is 23.2 Å². The maximum absolute atomic E-state index is 12.9. The van der Waals surface area contributed by atoms with Crippen molar-refractivity contribution < 1.29 is 4.79 Å². The third-order valence-corrected chi connectivity index (χ3v) is 6.17. The van der Waals surface area contributed by atoms with Crippen LogP contribution in [0.3, 0.4) is 0 Å². The summed E-state index contributed by atoms with van der Waals surface area (Å²) in [6, 6.07) is 10.3. The zero-order valence-corrected chi connectivity index (χ0v) is 12.7. The van der Waals surface area contributed by atoms with E-state index in [1.165, 1.54) is 31.2 Å². The average molecular weight is 283 g/mol. The highest BCUT2D eigenvalue weighted by Crippen LogP contribution is 2.57. The van der Waals surface area contributed by atoms with Crippen LogP contribution in [-0.4, -0.2) is 5.91 Å². The van der Waals surface area contributed by atoms with Gasteiger partial charge in [-0.1, -0.05) is 30.3 Å². The first-order valence-corrected chi connectivity index (χ1v) is 8.56. The smallest absolute Gasteiger partial charge is 0.226 e. The number of carbonyl (C=O) groups is 1. The van der Waals surface area contributed by atoms with Crippen molar-refractivity contribution in [2.75, 3.05) is 0 Å². The summed E-state index contributed by atoms with van der Waals surface area (Å²) in [7, 11) is 0. The van der Waals surface area contributed by atoms with E-state index in [1.54, 1.807) is 0 Å². The monoisotopic (exact) mass is 283 g/mol. The number of hydrogen-bond acceptors (Lipinski definition) is 1. The molecular formula is C19H25NO. The molecule has 0 saturated heterocycles. The minimum atomic E-state index is -0.0341. The van der Waals surface area contributed by atoms with Gasteiger partial charge in [0, 0.05) is 12.0 Å². The Morgan fingerprint density at radius 2 is 1.71 bits per heavy atom. The third kappa shape index (κ3) is 2.49. The van der Waals surface area contributed by atoms with E-state index in [1.807, 2.05) is 18.2 Å². The first kappa shape index (κ1) is 13.4. The van der Waals surface area contributed by atoms with Gasteiger partial charge in [0.05, 0.1) is 0 Å². The van der Waals surface area contributed by atoms with E-state index in [-0.39, 0.29) is 5.41 Å². The van der Waals surface area contributed by atoms with Crippen LogP contribution in [-0.2, 0) is 11.3 Å². The summed E-state index contributed by atoms with van der Waals surface area (Å²) in [4.78, 5) is 12.9. The summed E-state index contributed by atoms with van der Waals surface area (Å²) in [5, 5.41) is 3.24. The number of carbonyl (C=O) groups excluding carboxylic acids is 1. The van der Waals surface area contributed by atoms with Gasteiger partial charge < -0.3 is 5.32 Å². The lowest BCUT2D eigenvalue weighted by Gasteiger charge is -2.44. The fraction of sp³-hybridized carbons (Fsp3) is 0.632.